The molecular weight excluding hydrogens is 414 g/mol. The minimum absolute atomic E-state index is 0.0717. The molecule has 0 spiro atoms. The zero-order chi connectivity index (χ0) is 22.3. The van der Waals surface area contributed by atoms with E-state index in [1.807, 2.05) is 24.5 Å². The van der Waals surface area contributed by atoms with E-state index < -0.39 is 30.2 Å². The topological polar surface area (TPSA) is 65.5 Å². The van der Waals surface area contributed by atoms with Crippen molar-refractivity contribution in [2.75, 3.05) is 0 Å². The van der Waals surface area contributed by atoms with Gasteiger partial charge in [-0.25, -0.2) is 27.6 Å². The number of halogens is 4. The van der Waals surface area contributed by atoms with Crippen molar-refractivity contribution in [1.29, 1.82) is 0 Å². The minimum Gasteiger partial charge on any atom is -0.361 e. The van der Waals surface area contributed by atoms with Crippen LogP contribution in [0.1, 0.15) is 15.9 Å². The zero-order valence-electron chi connectivity index (χ0n) is 16.2. The number of hydrogen-bond donors (Lipinski definition) is 2. The molecule has 0 saturated carbocycles. The van der Waals surface area contributed by atoms with Crippen LogP contribution in [0.4, 0.5) is 17.6 Å². The number of carbonyl (C=O) groups is 1. The summed E-state index contributed by atoms with van der Waals surface area (Å²) in [4.78, 5) is 17.8. The largest absolute Gasteiger partial charge is 0.361 e. The highest BCUT2D eigenvalue weighted by atomic mass is 19.3. The molecule has 2 heterocycles. The van der Waals surface area contributed by atoms with Gasteiger partial charge in [0.1, 0.15) is 0 Å². The summed E-state index contributed by atoms with van der Waals surface area (Å²) in [6, 6.07) is 15.2. The van der Waals surface area contributed by atoms with E-state index in [9.17, 15) is 27.5 Å². The SMILES string of the molecule is Cc1cccc(-c2cc(C(=O)N3NC(C(F)F)=CC3(O)C(F)F)c3ccccc3n2)c1. The number of nitrogens with one attached hydrogen (secondary N) is 1. The third-order valence-corrected chi connectivity index (χ3v) is 4.99. The zero-order valence-corrected chi connectivity index (χ0v) is 16.2. The van der Waals surface area contributed by atoms with Crippen molar-refractivity contribution in [2.45, 2.75) is 25.5 Å². The second-order valence-electron chi connectivity index (χ2n) is 7.18. The van der Waals surface area contributed by atoms with Crippen molar-refractivity contribution in [2.24, 2.45) is 0 Å². The van der Waals surface area contributed by atoms with E-state index in [1.54, 1.807) is 36.4 Å². The van der Waals surface area contributed by atoms with Crippen LogP contribution < -0.4 is 5.43 Å². The van der Waals surface area contributed by atoms with Gasteiger partial charge in [-0.1, -0.05) is 42.0 Å². The number of amides is 1. The number of hydrogen-bond acceptors (Lipinski definition) is 4. The van der Waals surface area contributed by atoms with Gasteiger partial charge in [0.2, 0.25) is 5.72 Å². The van der Waals surface area contributed by atoms with Gasteiger partial charge in [0.15, 0.2) is 0 Å². The number of aryl methyl sites for hydroxylation is 1. The number of hydrazine groups is 1. The summed E-state index contributed by atoms with van der Waals surface area (Å²) in [5.41, 5.74) is 0.0963. The predicted molar refractivity (Wildman–Crippen MR) is 106 cm³/mol. The first-order valence-corrected chi connectivity index (χ1v) is 9.30. The summed E-state index contributed by atoms with van der Waals surface area (Å²) in [5, 5.41) is 10.8. The van der Waals surface area contributed by atoms with Gasteiger partial charge in [-0.2, -0.15) is 0 Å². The van der Waals surface area contributed by atoms with Gasteiger partial charge in [-0.15, -0.1) is 0 Å². The van der Waals surface area contributed by atoms with Gasteiger partial charge in [0, 0.05) is 17.0 Å². The second kappa shape index (κ2) is 7.66. The Morgan fingerprint density at radius 3 is 2.52 bits per heavy atom. The molecule has 3 aromatic rings. The number of aliphatic hydroxyl groups is 1. The summed E-state index contributed by atoms with van der Waals surface area (Å²) in [5.74, 6) is -1.10. The van der Waals surface area contributed by atoms with Crippen LogP contribution in [-0.4, -0.2) is 39.6 Å². The minimum atomic E-state index is -3.52. The number of pyridine rings is 1. The summed E-state index contributed by atoms with van der Waals surface area (Å²) in [6.45, 7) is 1.88. The monoisotopic (exact) mass is 431 g/mol. The maximum Gasteiger partial charge on any atom is 0.291 e. The second-order valence-corrected chi connectivity index (χ2v) is 7.18. The Hall–Kier alpha value is -3.46. The molecule has 1 aliphatic rings. The number of fused-ring (bicyclic) bond motifs is 1. The molecule has 1 aliphatic heterocycles. The first-order valence-electron chi connectivity index (χ1n) is 9.30. The first-order chi connectivity index (χ1) is 14.7. The fourth-order valence-electron chi connectivity index (χ4n) is 3.46. The summed E-state index contributed by atoms with van der Waals surface area (Å²) >= 11 is 0. The molecule has 0 saturated heterocycles. The number of allylic oxidation sites excluding steroid dienone is 1. The number of alkyl halides is 4. The van der Waals surface area contributed by atoms with Crippen molar-refractivity contribution >= 4 is 16.8 Å². The van der Waals surface area contributed by atoms with Gasteiger partial charge in [-0.05, 0) is 25.1 Å². The van der Waals surface area contributed by atoms with Crippen molar-refractivity contribution in [3.05, 3.63) is 77.5 Å². The van der Waals surface area contributed by atoms with E-state index in [1.165, 1.54) is 6.07 Å². The number of carbonyl (C=O) groups excluding carboxylic acids is 1. The Bertz CT molecular complexity index is 1200. The van der Waals surface area contributed by atoms with E-state index >= 15 is 0 Å². The average Bonchev–Trinajstić information content (AvgIpc) is 3.12. The Morgan fingerprint density at radius 2 is 1.84 bits per heavy atom. The van der Waals surface area contributed by atoms with E-state index in [4.69, 9.17) is 0 Å². The molecule has 5 nitrogen and oxygen atoms in total. The third-order valence-electron chi connectivity index (χ3n) is 4.99. The van der Waals surface area contributed by atoms with Crippen LogP contribution in [0.3, 0.4) is 0 Å². The summed E-state index contributed by atoms with van der Waals surface area (Å²) in [6.07, 6.45) is -6.44. The van der Waals surface area contributed by atoms with Crippen LogP contribution in [-0.2, 0) is 0 Å². The fourth-order valence-corrected chi connectivity index (χ4v) is 3.46. The van der Waals surface area contributed by atoms with E-state index in [-0.39, 0.29) is 16.6 Å². The van der Waals surface area contributed by atoms with Gasteiger partial charge >= 0.3 is 0 Å². The Kier molecular flexibility index (Phi) is 5.14. The lowest BCUT2D eigenvalue weighted by Gasteiger charge is -2.32. The molecule has 2 N–H and O–H groups in total. The summed E-state index contributed by atoms with van der Waals surface area (Å²) < 4.78 is 53.5. The standard InChI is InChI=1S/C22H17F4N3O2/c1-12-5-4-6-13(9-12)17-10-15(14-7-2-3-8-16(14)27-17)20(30)29-22(31,21(25)26)11-18(28-29)19(23)24/h2-11,19,21,28,31H,1H3. The number of rotatable bonds is 4. The molecule has 0 radical (unpaired) electrons. The molecule has 0 bridgehead atoms. The van der Waals surface area contributed by atoms with E-state index in [0.29, 0.717) is 22.2 Å². The average molecular weight is 431 g/mol. The molecule has 1 aromatic heterocycles. The molecular formula is C22H17F4N3O2. The molecule has 9 heteroatoms. The van der Waals surface area contributed by atoms with Crippen molar-refractivity contribution in [3.8, 4) is 11.3 Å². The lowest BCUT2D eigenvalue weighted by Crippen LogP contribution is -2.56. The van der Waals surface area contributed by atoms with Gasteiger partial charge in [0.05, 0.1) is 22.5 Å². The predicted octanol–water partition coefficient (Wildman–Crippen LogP) is 4.27. The van der Waals surface area contributed by atoms with Crippen molar-refractivity contribution < 1.29 is 27.5 Å². The van der Waals surface area contributed by atoms with Gasteiger partial charge in [-0.3, -0.25) is 10.2 Å². The maximum absolute atomic E-state index is 13.6. The highest BCUT2D eigenvalue weighted by Crippen LogP contribution is 2.33. The normalized spacial score (nSPS) is 18.6. The number of nitrogens with zero attached hydrogens (tertiary/aromatic N) is 2. The van der Waals surface area contributed by atoms with Crippen LogP contribution in [0.5, 0.6) is 0 Å². The molecule has 1 unspecified atom stereocenters. The Balaban J connectivity index is 1.86. The van der Waals surface area contributed by atoms with Crippen LogP contribution in [0.2, 0.25) is 0 Å². The Morgan fingerprint density at radius 1 is 1.10 bits per heavy atom. The maximum atomic E-state index is 13.6. The van der Waals surface area contributed by atoms with Crippen LogP contribution in [0.25, 0.3) is 22.2 Å². The number of benzene rings is 2. The molecule has 31 heavy (non-hydrogen) atoms. The Labute approximate surface area is 174 Å². The van der Waals surface area contributed by atoms with Crippen LogP contribution in [0.15, 0.2) is 66.4 Å². The van der Waals surface area contributed by atoms with E-state index in [0.717, 1.165) is 5.56 Å². The highest BCUT2D eigenvalue weighted by molar-refractivity contribution is 6.07. The van der Waals surface area contributed by atoms with Gasteiger partial charge < -0.3 is 5.11 Å². The van der Waals surface area contributed by atoms with Crippen molar-refractivity contribution in [3.63, 3.8) is 0 Å². The quantitative estimate of drug-likeness (QED) is 0.606. The smallest absolute Gasteiger partial charge is 0.291 e. The molecule has 1 amide bonds. The van der Waals surface area contributed by atoms with Crippen LogP contribution >= 0.6 is 0 Å². The molecule has 0 aliphatic carbocycles. The number of aromatic nitrogens is 1. The summed E-state index contributed by atoms with van der Waals surface area (Å²) in [7, 11) is 0. The third kappa shape index (κ3) is 3.61. The fraction of sp³-hybridized carbons (Fsp3) is 0.182. The molecule has 160 valence electrons. The molecule has 1 atom stereocenters. The molecule has 2 aromatic carbocycles. The lowest BCUT2D eigenvalue weighted by atomic mass is 10.0. The molecule has 0 fully saturated rings. The number of para-hydroxylation sites is 1. The van der Waals surface area contributed by atoms with Gasteiger partial charge in [0.25, 0.3) is 18.8 Å². The highest BCUT2D eigenvalue weighted by Gasteiger charge is 2.51. The van der Waals surface area contributed by atoms with Crippen LogP contribution in [0, 0.1) is 6.92 Å². The van der Waals surface area contributed by atoms with Crippen molar-refractivity contribution in [1.82, 2.24) is 15.4 Å². The lowest BCUT2D eigenvalue weighted by molar-refractivity contribution is -0.146. The molecule has 4 rings (SSSR count). The van der Waals surface area contributed by atoms with E-state index in [2.05, 4.69) is 4.98 Å². The first kappa shape index (κ1) is 20.8.